The molecule has 0 aliphatic heterocycles. The van der Waals surface area contributed by atoms with Crippen molar-refractivity contribution in [2.75, 3.05) is 0 Å². The lowest BCUT2D eigenvalue weighted by atomic mass is 9.98. The van der Waals surface area contributed by atoms with Crippen molar-refractivity contribution in [3.05, 3.63) is 125 Å². The Balaban J connectivity index is 1.18. The van der Waals surface area contributed by atoms with Crippen molar-refractivity contribution in [1.29, 1.82) is 15.8 Å². The van der Waals surface area contributed by atoms with E-state index in [-0.39, 0.29) is 56.4 Å². The Kier molecular flexibility index (Phi) is 17.2. The fourth-order valence-corrected chi connectivity index (χ4v) is 18.6. The molecule has 3 aromatic carbocycles. The molecular weight excluding hydrogens is 1260 g/mol. The number of halogens is 4. The number of Topliss-reactive ketones (excluding diaryl/α,β-unsaturated/α-hetero) is 2. The minimum absolute atomic E-state index is 0.00216. The van der Waals surface area contributed by atoms with Crippen LogP contribution in [0.5, 0.6) is 0 Å². The number of thiophene rings is 4. The fraction of sp³-hybridized carbons (Fsp3) is 0.233. The van der Waals surface area contributed by atoms with E-state index in [1.807, 2.05) is 25.1 Å². The van der Waals surface area contributed by atoms with Gasteiger partial charge in [0.25, 0.3) is 5.70 Å². The predicted molar refractivity (Wildman–Crippen MR) is 363 cm³/mol. The molecule has 0 amide bonds. The normalized spacial score (nSPS) is 14.4. The molecule has 10 aromatic rings. The van der Waals surface area contributed by atoms with Gasteiger partial charge in [0.15, 0.2) is 34.8 Å². The molecule has 2 aliphatic rings. The molecule has 19 heteroatoms. The van der Waals surface area contributed by atoms with Gasteiger partial charge in [-0.2, -0.15) is 19.3 Å². The van der Waals surface area contributed by atoms with Crippen molar-refractivity contribution in [2.24, 2.45) is 11.8 Å². The molecule has 0 saturated carbocycles. The van der Waals surface area contributed by atoms with Crippen molar-refractivity contribution in [1.82, 2.24) is 17.9 Å². The van der Waals surface area contributed by atoms with Gasteiger partial charge in [0.1, 0.15) is 28.7 Å². The Morgan fingerprint density at radius 1 is 0.598 bits per heavy atom. The molecule has 2 aliphatic carbocycles. The number of aromatic nitrogens is 4. The van der Waals surface area contributed by atoms with E-state index in [9.17, 15) is 38.5 Å². The van der Waals surface area contributed by atoms with Gasteiger partial charge in [-0.3, -0.25) is 9.59 Å². The zero-order valence-corrected chi connectivity index (χ0v) is 53.8. The van der Waals surface area contributed by atoms with Gasteiger partial charge in [-0.15, -0.1) is 51.8 Å². The molecule has 7 heterocycles. The zero-order chi connectivity index (χ0) is 64.8. The number of hydrogen-bond acceptors (Lipinski definition) is 12. The summed E-state index contributed by atoms with van der Waals surface area (Å²) in [5, 5.41) is 32.6. The van der Waals surface area contributed by atoms with Crippen molar-refractivity contribution in [3.8, 4) is 89.8 Å². The standard InChI is InChI=1S/C73H44F4N8O2S5/c1-8-13-16-17-18-19-20-21-22-23-26-42-55(32-47-56(41(33-78)34-79)43-27-49(74)51(76)29-45(43)66(47)86)89-73-65-71(91-69(42)73)59-61-60(82-92-83-61)58-62(63(59)85(65)37-40(12-5)25-15-10-3)84(36-39(11-4)24-14-9-2)64-70(58)90-68-38(6)54(88-72(64)68)31-48-57(53(35-80)81-7)44-28-50(75)52(77)30-46(44)67(48)87/h1,27-32,39-40H,9-12,14-15,24-25,36-37H2,2-6H3/b47-32-,48-31-,57-53?. The van der Waals surface area contributed by atoms with Gasteiger partial charge in [-0.25, -0.2) is 27.7 Å². The van der Waals surface area contributed by atoms with E-state index in [0.29, 0.717) is 33.9 Å². The van der Waals surface area contributed by atoms with E-state index in [0.717, 1.165) is 159 Å². The molecule has 2 atom stereocenters. The van der Waals surface area contributed by atoms with Crippen LogP contribution in [0.3, 0.4) is 0 Å². The third-order valence-electron chi connectivity index (χ3n) is 16.9. The molecule has 10 nitrogen and oxygen atoms in total. The first kappa shape index (κ1) is 62.0. The van der Waals surface area contributed by atoms with Crippen LogP contribution < -0.4 is 0 Å². The molecule has 0 saturated heterocycles. The number of allylic oxidation sites excluding steroid dienone is 6. The third kappa shape index (κ3) is 10.2. The van der Waals surface area contributed by atoms with E-state index in [1.165, 1.54) is 34.0 Å². The van der Waals surface area contributed by atoms with Gasteiger partial charge in [-0.1, -0.05) is 66.2 Å². The van der Waals surface area contributed by atoms with E-state index >= 15 is 4.39 Å². The summed E-state index contributed by atoms with van der Waals surface area (Å²) < 4.78 is 80.4. The summed E-state index contributed by atoms with van der Waals surface area (Å²) in [6, 6.07) is 8.93. The molecule has 7 aromatic heterocycles. The molecule has 0 spiro atoms. The maximum atomic E-state index is 15.1. The van der Waals surface area contributed by atoms with Gasteiger partial charge in [0, 0.05) is 67.0 Å². The van der Waals surface area contributed by atoms with Crippen LogP contribution >= 0.6 is 57.1 Å². The number of ketones is 2. The second-order valence-electron chi connectivity index (χ2n) is 22.0. The SMILES string of the molecule is [C-]#[N+]C(C#N)=C1/C(=C/c2sc3c(sc4c5c6nsnc6c6c7sc8c(C#CC#CC#CC#CC#CC#C)c(/C=C9\C(=O)c%10cc(F)c(F)cc%10C9=C(C#N)C#N)sc8c7n(CC(CC)CCCC)c6c5n(CC(CC)CCCC)c34)c2C)C(=O)c2cc(F)c(F)cc21. The Hall–Kier alpha value is -10.3. The number of fused-ring (bicyclic) bond motifs is 16. The lowest BCUT2D eigenvalue weighted by Crippen LogP contribution is -2.13. The average Bonchev–Trinajstić information content (AvgIpc) is 1.51. The smallest absolute Gasteiger partial charge is 0.270 e. The van der Waals surface area contributed by atoms with Crippen LogP contribution in [0.2, 0.25) is 0 Å². The number of unbranched alkanes of at least 4 members (excludes halogenated alkanes) is 2. The summed E-state index contributed by atoms with van der Waals surface area (Å²) in [5.41, 5.74) is 4.99. The number of carbonyl (C=O) groups excluding carboxylic acids is 2. The van der Waals surface area contributed by atoms with Crippen LogP contribution in [0.4, 0.5) is 17.6 Å². The third-order valence-corrected chi connectivity index (χ3v) is 22.6. The molecule has 0 N–H and O–H groups in total. The van der Waals surface area contributed by atoms with E-state index in [1.54, 1.807) is 23.5 Å². The minimum Gasteiger partial charge on any atom is -0.337 e. The Bertz CT molecular complexity index is 5670. The first-order valence-electron chi connectivity index (χ1n) is 29.3. The van der Waals surface area contributed by atoms with Gasteiger partial charge in [0.2, 0.25) is 0 Å². The van der Waals surface area contributed by atoms with Crippen LogP contribution in [0.15, 0.2) is 46.7 Å². The van der Waals surface area contributed by atoms with Gasteiger partial charge in [0.05, 0.1) is 80.2 Å². The fourth-order valence-electron chi connectivity index (χ4n) is 12.4. The van der Waals surface area contributed by atoms with Crippen molar-refractivity contribution < 1.29 is 27.2 Å². The summed E-state index contributed by atoms with van der Waals surface area (Å²) in [6.45, 7) is 19.8. The van der Waals surface area contributed by atoms with Crippen LogP contribution in [-0.2, 0) is 13.1 Å². The monoisotopic (exact) mass is 1300 g/mol. The molecule has 12 rings (SSSR count). The average molecular weight is 1300 g/mol. The summed E-state index contributed by atoms with van der Waals surface area (Å²) in [6.07, 6.45) is 16.0. The highest BCUT2D eigenvalue weighted by Crippen LogP contribution is 2.56. The summed E-state index contributed by atoms with van der Waals surface area (Å²) in [4.78, 5) is 33.4. The van der Waals surface area contributed by atoms with E-state index < -0.39 is 46.1 Å². The van der Waals surface area contributed by atoms with Crippen molar-refractivity contribution in [3.63, 3.8) is 0 Å². The van der Waals surface area contributed by atoms with Crippen LogP contribution in [-0.4, -0.2) is 29.4 Å². The van der Waals surface area contributed by atoms with Gasteiger partial charge in [-0.05, 0) is 150 Å². The largest absolute Gasteiger partial charge is 0.337 e. The minimum atomic E-state index is -1.26. The highest BCUT2D eigenvalue weighted by atomic mass is 32.1. The zero-order valence-electron chi connectivity index (χ0n) is 49.7. The van der Waals surface area contributed by atoms with Crippen LogP contribution in [0.25, 0.3) is 100 Å². The maximum absolute atomic E-state index is 15.1. The topological polar surface area (TPSA) is 146 Å². The molecule has 0 fully saturated rings. The van der Waals surface area contributed by atoms with E-state index in [4.69, 9.17) is 21.7 Å². The first-order valence-corrected chi connectivity index (χ1v) is 33.3. The number of terminal acetylenes is 1. The van der Waals surface area contributed by atoms with Gasteiger partial charge >= 0.3 is 0 Å². The van der Waals surface area contributed by atoms with Gasteiger partial charge < -0.3 is 9.13 Å². The van der Waals surface area contributed by atoms with E-state index in [2.05, 4.69) is 107 Å². The Morgan fingerprint density at radius 3 is 1.54 bits per heavy atom. The maximum Gasteiger partial charge on any atom is 0.270 e. The number of nitrogens with zero attached hydrogens (tertiary/aromatic N) is 8. The number of benzene rings is 3. The molecule has 2 unspecified atom stereocenters. The number of hydrogen-bond donors (Lipinski definition) is 0. The Labute approximate surface area is 546 Å². The number of carbonyl (C=O) groups is 2. The van der Waals surface area contributed by atoms with Crippen LogP contribution in [0, 0.1) is 154 Å². The quantitative estimate of drug-likeness (QED) is 0.0346. The second kappa shape index (κ2) is 25.6. The second-order valence-corrected chi connectivity index (χ2v) is 26.7. The number of nitriles is 3. The molecule has 446 valence electrons. The summed E-state index contributed by atoms with van der Waals surface area (Å²) in [7, 11) is 0. The highest BCUT2D eigenvalue weighted by Gasteiger charge is 2.38. The number of aryl methyl sites for hydroxylation is 1. The van der Waals surface area contributed by atoms with Crippen LogP contribution in [0.1, 0.15) is 132 Å². The lowest BCUT2D eigenvalue weighted by molar-refractivity contribution is 0.103. The molecule has 0 bridgehead atoms. The molecule has 0 radical (unpaired) electrons. The summed E-state index contributed by atoms with van der Waals surface area (Å²) >= 11 is 7.07. The van der Waals surface area contributed by atoms with Crippen molar-refractivity contribution >= 4 is 164 Å². The predicted octanol–water partition coefficient (Wildman–Crippen LogP) is 18.3. The molecule has 92 heavy (non-hydrogen) atoms. The lowest BCUT2D eigenvalue weighted by Gasteiger charge is -2.20. The van der Waals surface area contributed by atoms with Crippen molar-refractivity contribution in [2.45, 2.75) is 99.1 Å². The highest BCUT2D eigenvalue weighted by molar-refractivity contribution is 7.35. The summed E-state index contributed by atoms with van der Waals surface area (Å²) in [5.74, 6) is 23.3. The first-order chi connectivity index (χ1) is 44.7. The number of rotatable bonds is 14. The molecular formula is C73H44F4N8O2S5. The Morgan fingerprint density at radius 2 is 1.05 bits per heavy atom.